The van der Waals surface area contributed by atoms with E-state index in [1.165, 1.54) is 11.3 Å². The van der Waals surface area contributed by atoms with E-state index in [1.807, 2.05) is 54.6 Å². The number of carbonyl (C=O) groups excluding carboxylic acids is 1. The van der Waals surface area contributed by atoms with Crippen LogP contribution in [0.4, 0.5) is 5.13 Å². The zero-order valence-corrected chi connectivity index (χ0v) is 14.5. The molecule has 0 unspecified atom stereocenters. The number of nitrogens with zero attached hydrogens (tertiary/aromatic N) is 1. The molecule has 0 bridgehead atoms. The van der Waals surface area contributed by atoms with E-state index in [-0.39, 0.29) is 5.91 Å². The molecule has 0 saturated heterocycles. The molecule has 0 fully saturated rings. The monoisotopic (exact) mass is 362 g/mol. The van der Waals surface area contributed by atoms with Crippen LogP contribution in [0.1, 0.15) is 10.4 Å². The maximum atomic E-state index is 12.6. The van der Waals surface area contributed by atoms with Crippen molar-refractivity contribution in [3.05, 3.63) is 60.2 Å². The van der Waals surface area contributed by atoms with Crippen molar-refractivity contribution >= 4 is 43.4 Å². The Hall–Kier alpha value is -3.12. The number of thiazole rings is 1. The van der Waals surface area contributed by atoms with E-state index in [1.54, 1.807) is 0 Å². The number of hydrogen-bond acceptors (Lipinski definition) is 5. The molecule has 0 aliphatic carbocycles. The number of amides is 1. The summed E-state index contributed by atoms with van der Waals surface area (Å²) in [7, 11) is 0. The van der Waals surface area contributed by atoms with E-state index >= 15 is 0 Å². The summed E-state index contributed by atoms with van der Waals surface area (Å²) in [5.74, 6) is 1.24. The molecule has 0 atom stereocenters. The van der Waals surface area contributed by atoms with Crippen LogP contribution >= 0.6 is 11.3 Å². The summed E-state index contributed by atoms with van der Waals surface area (Å²) in [6, 6.07) is 17.4. The fraction of sp³-hybridized carbons (Fsp3) is 0.100. The largest absolute Gasteiger partial charge is 0.486 e. The average molecular weight is 362 g/mol. The molecule has 1 aliphatic rings. The fourth-order valence-electron chi connectivity index (χ4n) is 3.02. The van der Waals surface area contributed by atoms with E-state index in [0.29, 0.717) is 29.7 Å². The SMILES string of the molecule is O=C(Nc1nc2cc3c(cc2s1)OCCO3)c1ccc2ccccc2c1. The van der Waals surface area contributed by atoms with Crippen molar-refractivity contribution < 1.29 is 14.3 Å². The second-order valence-electron chi connectivity index (χ2n) is 6.00. The average Bonchev–Trinajstić information content (AvgIpc) is 3.06. The molecule has 1 aliphatic heterocycles. The molecule has 4 aromatic rings. The van der Waals surface area contributed by atoms with E-state index in [4.69, 9.17) is 9.47 Å². The molecule has 1 N–H and O–H groups in total. The third-order valence-corrected chi connectivity index (χ3v) is 5.22. The van der Waals surface area contributed by atoms with Crippen LogP contribution in [-0.4, -0.2) is 24.1 Å². The van der Waals surface area contributed by atoms with E-state index in [9.17, 15) is 4.79 Å². The topological polar surface area (TPSA) is 60.5 Å². The Morgan fingerprint density at radius 1 is 0.962 bits per heavy atom. The summed E-state index contributed by atoms with van der Waals surface area (Å²) in [5, 5.41) is 5.59. The Bertz CT molecular complexity index is 1110. The first kappa shape index (κ1) is 15.2. The number of rotatable bonds is 2. The molecule has 0 saturated carbocycles. The van der Waals surface area contributed by atoms with E-state index in [2.05, 4.69) is 10.3 Å². The molecule has 26 heavy (non-hydrogen) atoms. The zero-order chi connectivity index (χ0) is 17.5. The molecule has 0 radical (unpaired) electrons. The Balaban J connectivity index is 1.45. The Morgan fingerprint density at radius 3 is 2.58 bits per heavy atom. The minimum atomic E-state index is -0.174. The number of benzene rings is 3. The van der Waals surface area contributed by atoms with Crippen LogP contribution < -0.4 is 14.8 Å². The van der Waals surface area contributed by atoms with Gasteiger partial charge in [-0.2, -0.15) is 0 Å². The van der Waals surface area contributed by atoms with Gasteiger partial charge in [-0.1, -0.05) is 41.7 Å². The third kappa shape index (κ3) is 2.64. The fourth-order valence-corrected chi connectivity index (χ4v) is 3.89. The van der Waals surface area contributed by atoms with Crippen LogP contribution in [0.5, 0.6) is 11.5 Å². The van der Waals surface area contributed by atoms with Crippen molar-refractivity contribution in [1.82, 2.24) is 4.98 Å². The summed E-state index contributed by atoms with van der Waals surface area (Å²) < 4.78 is 12.1. The summed E-state index contributed by atoms with van der Waals surface area (Å²) in [6.45, 7) is 1.08. The molecule has 0 spiro atoms. The Labute approximate surface area is 153 Å². The maximum absolute atomic E-state index is 12.6. The second-order valence-corrected chi connectivity index (χ2v) is 7.03. The van der Waals surface area contributed by atoms with Gasteiger partial charge in [-0.15, -0.1) is 0 Å². The minimum absolute atomic E-state index is 0.174. The van der Waals surface area contributed by atoms with E-state index in [0.717, 1.165) is 26.7 Å². The van der Waals surface area contributed by atoms with Crippen molar-refractivity contribution in [3.8, 4) is 11.5 Å². The van der Waals surface area contributed by atoms with Gasteiger partial charge in [0.1, 0.15) is 13.2 Å². The minimum Gasteiger partial charge on any atom is -0.486 e. The van der Waals surface area contributed by atoms with Crippen LogP contribution in [0.25, 0.3) is 21.0 Å². The molecule has 128 valence electrons. The lowest BCUT2D eigenvalue weighted by molar-refractivity contribution is 0.102. The number of fused-ring (bicyclic) bond motifs is 3. The van der Waals surface area contributed by atoms with Crippen molar-refractivity contribution in [1.29, 1.82) is 0 Å². The lowest BCUT2D eigenvalue weighted by Crippen LogP contribution is -2.15. The molecule has 5 nitrogen and oxygen atoms in total. The van der Waals surface area contributed by atoms with Gasteiger partial charge in [-0.25, -0.2) is 4.98 Å². The lowest BCUT2D eigenvalue weighted by Gasteiger charge is -2.17. The molecular formula is C20H14N2O3S. The lowest BCUT2D eigenvalue weighted by atomic mass is 10.1. The highest BCUT2D eigenvalue weighted by atomic mass is 32.1. The molecule has 2 heterocycles. The molecular weight excluding hydrogens is 348 g/mol. The molecule has 1 amide bonds. The predicted molar refractivity (Wildman–Crippen MR) is 103 cm³/mol. The maximum Gasteiger partial charge on any atom is 0.257 e. The summed E-state index contributed by atoms with van der Waals surface area (Å²) in [4.78, 5) is 17.1. The highest BCUT2D eigenvalue weighted by Crippen LogP contribution is 2.37. The van der Waals surface area contributed by atoms with Crippen LogP contribution in [0.3, 0.4) is 0 Å². The first-order valence-electron chi connectivity index (χ1n) is 8.27. The second kappa shape index (κ2) is 6.00. The van der Waals surface area contributed by atoms with Crippen LogP contribution in [0, 0.1) is 0 Å². The Kier molecular flexibility index (Phi) is 3.50. The number of carbonyl (C=O) groups is 1. The van der Waals surface area contributed by atoms with Gasteiger partial charge in [-0.05, 0) is 22.9 Å². The van der Waals surface area contributed by atoms with Crippen molar-refractivity contribution in [2.75, 3.05) is 18.5 Å². The summed E-state index contributed by atoms with van der Waals surface area (Å²) in [5.41, 5.74) is 1.39. The normalized spacial score (nSPS) is 13.1. The van der Waals surface area contributed by atoms with Gasteiger partial charge in [0.2, 0.25) is 0 Å². The van der Waals surface area contributed by atoms with Crippen molar-refractivity contribution in [2.24, 2.45) is 0 Å². The molecule has 3 aromatic carbocycles. The highest BCUT2D eigenvalue weighted by Gasteiger charge is 2.16. The van der Waals surface area contributed by atoms with Gasteiger partial charge in [0.05, 0.1) is 10.2 Å². The van der Waals surface area contributed by atoms with Gasteiger partial charge in [0, 0.05) is 17.7 Å². The quantitative estimate of drug-likeness (QED) is 0.571. The number of anilines is 1. The first-order valence-corrected chi connectivity index (χ1v) is 9.08. The molecule has 5 rings (SSSR count). The number of hydrogen-bond donors (Lipinski definition) is 1. The highest BCUT2D eigenvalue weighted by molar-refractivity contribution is 7.22. The van der Waals surface area contributed by atoms with Crippen LogP contribution in [0.2, 0.25) is 0 Å². The predicted octanol–water partition coefficient (Wildman–Crippen LogP) is 4.47. The third-order valence-electron chi connectivity index (χ3n) is 4.28. The van der Waals surface area contributed by atoms with Gasteiger partial charge in [-0.3, -0.25) is 10.1 Å². The smallest absolute Gasteiger partial charge is 0.257 e. The van der Waals surface area contributed by atoms with Crippen LogP contribution in [0.15, 0.2) is 54.6 Å². The summed E-state index contributed by atoms with van der Waals surface area (Å²) in [6.07, 6.45) is 0. The van der Waals surface area contributed by atoms with Gasteiger partial charge < -0.3 is 9.47 Å². The number of ether oxygens (including phenoxy) is 2. The Morgan fingerprint density at radius 2 is 1.73 bits per heavy atom. The number of aromatic nitrogens is 1. The summed E-state index contributed by atoms with van der Waals surface area (Å²) >= 11 is 1.42. The van der Waals surface area contributed by atoms with Crippen molar-refractivity contribution in [2.45, 2.75) is 0 Å². The van der Waals surface area contributed by atoms with Gasteiger partial charge in [0.25, 0.3) is 5.91 Å². The standard InChI is InChI=1S/C20H14N2O3S/c23-19(14-6-5-12-3-1-2-4-13(12)9-14)22-20-21-15-10-16-17(11-18(15)26-20)25-8-7-24-16/h1-6,9-11H,7-8H2,(H,21,22,23). The zero-order valence-electron chi connectivity index (χ0n) is 13.7. The van der Waals surface area contributed by atoms with Crippen LogP contribution in [-0.2, 0) is 0 Å². The first-order chi connectivity index (χ1) is 12.8. The van der Waals surface area contributed by atoms with Crippen molar-refractivity contribution in [3.63, 3.8) is 0 Å². The van der Waals surface area contributed by atoms with E-state index < -0.39 is 0 Å². The van der Waals surface area contributed by atoms with Gasteiger partial charge in [0.15, 0.2) is 16.6 Å². The number of nitrogens with one attached hydrogen (secondary N) is 1. The molecule has 1 aromatic heterocycles. The molecule has 6 heteroatoms. The van der Waals surface area contributed by atoms with Gasteiger partial charge >= 0.3 is 0 Å².